The lowest BCUT2D eigenvalue weighted by atomic mass is 10.2. The van der Waals surface area contributed by atoms with Gasteiger partial charge in [0, 0.05) is 22.3 Å². The van der Waals surface area contributed by atoms with Crippen molar-refractivity contribution in [2.24, 2.45) is 5.73 Å². The third-order valence-corrected chi connectivity index (χ3v) is 4.23. The van der Waals surface area contributed by atoms with Crippen molar-refractivity contribution in [3.8, 4) is 17.1 Å². The summed E-state index contributed by atoms with van der Waals surface area (Å²) in [5.41, 5.74) is 6.32. The molecule has 2 amide bonds. The molecule has 1 aromatic heterocycles. The van der Waals surface area contributed by atoms with Crippen molar-refractivity contribution in [2.75, 3.05) is 11.9 Å². The highest BCUT2D eigenvalue weighted by Gasteiger charge is 2.22. The molecule has 0 bridgehead atoms. The number of aromatic nitrogens is 4. The van der Waals surface area contributed by atoms with Crippen LogP contribution in [0, 0.1) is 0 Å². The minimum absolute atomic E-state index is 0.245. The third kappa shape index (κ3) is 5.29. The second-order valence-corrected chi connectivity index (χ2v) is 6.57. The monoisotopic (exact) mass is 414 g/mol. The number of carbonyl (C=O) groups is 2. The molecule has 0 aliphatic rings. The normalized spacial score (nSPS) is 11.7. The topological polar surface area (TPSA) is 125 Å². The molecule has 2 aromatic carbocycles. The van der Waals surface area contributed by atoms with E-state index in [4.69, 9.17) is 22.1 Å². The van der Waals surface area contributed by atoms with Gasteiger partial charge in [0.05, 0.1) is 0 Å². The molecular formula is C19H19ClN6O3. The Labute approximate surface area is 171 Å². The molecular weight excluding hydrogens is 396 g/mol. The van der Waals surface area contributed by atoms with Crippen LogP contribution in [0.5, 0.6) is 5.75 Å². The van der Waals surface area contributed by atoms with Gasteiger partial charge in [-0.15, -0.1) is 10.2 Å². The average Bonchev–Trinajstić information content (AvgIpc) is 3.17. The van der Waals surface area contributed by atoms with E-state index in [1.807, 2.05) is 6.92 Å². The molecule has 0 fully saturated rings. The first-order valence-corrected chi connectivity index (χ1v) is 9.21. The van der Waals surface area contributed by atoms with Crippen LogP contribution in [0.15, 0.2) is 48.5 Å². The van der Waals surface area contributed by atoms with Crippen molar-refractivity contribution < 1.29 is 14.3 Å². The van der Waals surface area contributed by atoms with Crippen LogP contribution >= 0.6 is 11.6 Å². The number of halogens is 1. The second-order valence-electron chi connectivity index (χ2n) is 6.14. The molecule has 0 radical (unpaired) electrons. The molecule has 9 nitrogen and oxygen atoms in total. The van der Waals surface area contributed by atoms with Crippen LogP contribution < -0.4 is 15.8 Å². The van der Waals surface area contributed by atoms with E-state index in [9.17, 15) is 9.59 Å². The van der Waals surface area contributed by atoms with Gasteiger partial charge in [-0.05, 0) is 48.0 Å². The van der Waals surface area contributed by atoms with Gasteiger partial charge in [-0.2, -0.15) is 4.80 Å². The van der Waals surface area contributed by atoms with Crippen LogP contribution in [0.1, 0.15) is 19.4 Å². The van der Waals surface area contributed by atoms with E-state index >= 15 is 0 Å². The van der Waals surface area contributed by atoms with E-state index in [1.54, 1.807) is 48.5 Å². The Bertz CT molecular complexity index is 1010. The second kappa shape index (κ2) is 9.16. The highest BCUT2D eigenvalue weighted by molar-refractivity contribution is 6.30. The minimum Gasteiger partial charge on any atom is -0.484 e. The van der Waals surface area contributed by atoms with Crippen LogP contribution in [0.2, 0.25) is 5.02 Å². The van der Waals surface area contributed by atoms with Gasteiger partial charge in [0.2, 0.25) is 5.82 Å². The summed E-state index contributed by atoms with van der Waals surface area (Å²) >= 11 is 5.90. The molecule has 10 heteroatoms. The molecule has 3 rings (SSSR count). The van der Waals surface area contributed by atoms with E-state index < -0.39 is 11.9 Å². The van der Waals surface area contributed by atoms with Gasteiger partial charge >= 0.3 is 0 Å². The fraction of sp³-hybridized carbons (Fsp3) is 0.211. The van der Waals surface area contributed by atoms with E-state index in [1.165, 1.54) is 4.80 Å². The highest BCUT2D eigenvalue weighted by atomic mass is 35.5. The Morgan fingerprint density at radius 1 is 1.24 bits per heavy atom. The fourth-order valence-electron chi connectivity index (χ4n) is 2.57. The summed E-state index contributed by atoms with van der Waals surface area (Å²) in [6.07, 6.45) is 0.458. The zero-order chi connectivity index (χ0) is 20.8. The van der Waals surface area contributed by atoms with Gasteiger partial charge in [-0.3, -0.25) is 9.59 Å². The molecule has 150 valence electrons. The van der Waals surface area contributed by atoms with Crippen molar-refractivity contribution >= 4 is 29.1 Å². The first kappa shape index (κ1) is 20.3. The number of amides is 2. The maximum Gasteiger partial charge on any atom is 0.255 e. The largest absolute Gasteiger partial charge is 0.484 e. The van der Waals surface area contributed by atoms with Gasteiger partial charge in [0.1, 0.15) is 5.75 Å². The molecule has 29 heavy (non-hydrogen) atoms. The highest BCUT2D eigenvalue weighted by Crippen LogP contribution is 2.21. The molecule has 3 aromatic rings. The lowest BCUT2D eigenvalue weighted by Crippen LogP contribution is -2.27. The smallest absolute Gasteiger partial charge is 0.255 e. The fourth-order valence-corrected chi connectivity index (χ4v) is 2.69. The maximum absolute atomic E-state index is 12.7. The average molecular weight is 415 g/mol. The zero-order valence-corrected chi connectivity index (χ0v) is 16.3. The van der Waals surface area contributed by atoms with Crippen LogP contribution in [0.25, 0.3) is 11.4 Å². The van der Waals surface area contributed by atoms with Crippen molar-refractivity contribution in [1.29, 1.82) is 0 Å². The van der Waals surface area contributed by atoms with Crippen LogP contribution in [-0.4, -0.2) is 38.6 Å². The molecule has 0 saturated heterocycles. The quantitative estimate of drug-likeness (QED) is 0.583. The van der Waals surface area contributed by atoms with Crippen LogP contribution in [-0.2, 0) is 9.59 Å². The first-order chi connectivity index (χ1) is 14.0. The summed E-state index contributed by atoms with van der Waals surface area (Å²) in [6, 6.07) is 13.0. The summed E-state index contributed by atoms with van der Waals surface area (Å²) in [5, 5.41) is 15.8. The Hall–Kier alpha value is -3.46. The molecule has 1 unspecified atom stereocenters. The Morgan fingerprint density at radius 3 is 2.69 bits per heavy atom. The van der Waals surface area contributed by atoms with Crippen molar-refractivity contribution in [3.63, 3.8) is 0 Å². The van der Waals surface area contributed by atoms with Gasteiger partial charge < -0.3 is 15.8 Å². The molecule has 1 atom stereocenters. The minimum atomic E-state index is -0.654. The van der Waals surface area contributed by atoms with Crippen LogP contribution in [0.4, 0.5) is 5.69 Å². The number of nitrogens with two attached hydrogens (primary N) is 1. The first-order valence-electron chi connectivity index (χ1n) is 8.83. The predicted molar refractivity (Wildman–Crippen MR) is 107 cm³/mol. The van der Waals surface area contributed by atoms with Crippen LogP contribution in [0.3, 0.4) is 0 Å². The Balaban J connectivity index is 1.72. The predicted octanol–water partition coefficient (Wildman–Crippen LogP) is 2.45. The number of benzene rings is 2. The number of hydrogen-bond donors (Lipinski definition) is 2. The summed E-state index contributed by atoms with van der Waals surface area (Å²) in [6.45, 7) is 1.60. The molecule has 0 aliphatic carbocycles. The van der Waals surface area contributed by atoms with Gasteiger partial charge in [0.15, 0.2) is 12.6 Å². The Morgan fingerprint density at radius 2 is 2.00 bits per heavy atom. The lowest BCUT2D eigenvalue weighted by Gasteiger charge is -2.14. The van der Waals surface area contributed by atoms with E-state index in [2.05, 4.69) is 20.7 Å². The van der Waals surface area contributed by atoms with Gasteiger partial charge in [0.25, 0.3) is 11.8 Å². The van der Waals surface area contributed by atoms with Gasteiger partial charge in [-0.1, -0.05) is 24.6 Å². The number of rotatable bonds is 8. The SMILES string of the molecule is CCC(C(=O)Nc1cccc(OCC(N)=O)c1)n1nnc(-c2ccc(Cl)cc2)n1. The zero-order valence-electron chi connectivity index (χ0n) is 15.6. The number of hydrogen-bond acceptors (Lipinski definition) is 6. The number of anilines is 1. The van der Waals surface area contributed by atoms with Crippen molar-refractivity contribution in [3.05, 3.63) is 53.6 Å². The summed E-state index contributed by atoms with van der Waals surface area (Å²) in [5.74, 6) is -0.0767. The standard InChI is InChI=1S/C19H19ClN6O3/c1-2-16(26-24-18(23-25-26)12-6-8-13(20)9-7-12)19(28)22-14-4-3-5-15(10-14)29-11-17(21)27/h3-10,16H,2,11H2,1H3,(H2,21,27)(H,22,28). The molecule has 0 spiro atoms. The molecule has 0 aliphatic heterocycles. The van der Waals surface area contributed by atoms with E-state index in [0.29, 0.717) is 28.7 Å². The number of primary amides is 1. The van der Waals surface area contributed by atoms with Gasteiger partial charge in [-0.25, -0.2) is 0 Å². The van der Waals surface area contributed by atoms with Crippen molar-refractivity contribution in [1.82, 2.24) is 20.2 Å². The van der Waals surface area contributed by atoms with E-state index in [-0.39, 0.29) is 12.5 Å². The number of nitrogens with one attached hydrogen (secondary N) is 1. The molecule has 0 saturated carbocycles. The number of nitrogens with zero attached hydrogens (tertiary/aromatic N) is 4. The van der Waals surface area contributed by atoms with E-state index in [0.717, 1.165) is 5.56 Å². The lowest BCUT2D eigenvalue weighted by molar-refractivity contribution is -0.120. The summed E-state index contributed by atoms with van der Waals surface area (Å²) < 4.78 is 5.25. The number of tetrazole rings is 1. The molecule has 3 N–H and O–H groups in total. The number of ether oxygens (including phenoxy) is 1. The molecule has 1 heterocycles. The van der Waals surface area contributed by atoms with Crippen molar-refractivity contribution in [2.45, 2.75) is 19.4 Å². The number of carbonyl (C=O) groups excluding carboxylic acids is 2. The third-order valence-electron chi connectivity index (χ3n) is 3.98. The Kier molecular flexibility index (Phi) is 6.40. The summed E-state index contributed by atoms with van der Waals surface area (Å²) in [7, 11) is 0. The summed E-state index contributed by atoms with van der Waals surface area (Å²) in [4.78, 5) is 24.9. The maximum atomic E-state index is 12.7.